The molecule has 2 aromatic rings. The van der Waals surface area contributed by atoms with E-state index in [2.05, 4.69) is 0 Å². The quantitative estimate of drug-likeness (QED) is 0.405. The van der Waals surface area contributed by atoms with Gasteiger partial charge in [-0.3, -0.25) is 9.59 Å². The minimum atomic E-state index is -1.12. The van der Waals surface area contributed by atoms with Crippen molar-refractivity contribution in [1.82, 2.24) is 4.90 Å². The van der Waals surface area contributed by atoms with E-state index >= 15 is 0 Å². The predicted octanol–water partition coefficient (Wildman–Crippen LogP) is 6.72. The first-order chi connectivity index (χ1) is 16.3. The Kier molecular flexibility index (Phi) is 8.25. The molecule has 0 aliphatic carbocycles. The lowest BCUT2D eigenvalue weighted by Crippen LogP contribution is -2.59. The molecule has 1 saturated heterocycles. The van der Waals surface area contributed by atoms with Gasteiger partial charge >= 0.3 is 5.97 Å². The second-order valence-corrected chi connectivity index (χ2v) is 11.5. The Bertz CT molecular complexity index is 1070. The normalized spacial score (nSPS) is 24.8. The molecule has 0 aromatic heterocycles. The van der Waals surface area contributed by atoms with E-state index in [-0.39, 0.29) is 36.2 Å². The third-order valence-electron chi connectivity index (χ3n) is 7.60. The molecule has 0 saturated carbocycles. The van der Waals surface area contributed by atoms with Crippen molar-refractivity contribution < 1.29 is 19.8 Å². The monoisotopic (exact) mass is 519 g/mol. The van der Waals surface area contributed by atoms with E-state index < -0.39 is 17.0 Å². The number of benzene rings is 2. The van der Waals surface area contributed by atoms with Crippen LogP contribution in [0, 0.1) is 11.3 Å². The molecule has 190 valence electrons. The zero-order chi connectivity index (χ0) is 26.1. The highest BCUT2D eigenvalue weighted by molar-refractivity contribution is 6.30. The summed E-state index contributed by atoms with van der Waals surface area (Å²) in [6, 6.07) is 14.3. The zero-order valence-electron chi connectivity index (χ0n) is 21.0. The molecular formula is C28H35Cl2NO4. The summed E-state index contributed by atoms with van der Waals surface area (Å²) in [6.45, 7) is 9.18. The Morgan fingerprint density at radius 3 is 2.29 bits per heavy atom. The average molecular weight is 520 g/mol. The van der Waals surface area contributed by atoms with E-state index in [9.17, 15) is 19.8 Å². The number of nitrogens with zero attached hydrogens (tertiary/aromatic N) is 1. The van der Waals surface area contributed by atoms with Gasteiger partial charge in [0.05, 0.1) is 23.5 Å². The molecular weight excluding hydrogens is 485 g/mol. The fourth-order valence-corrected chi connectivity index (χ4v) is 5.83. The van der Waals surface area contributed by atoms with Crippen LogP contribution in [0.2, 0.25) is 10.0 Å². The van der Waals surface area contributed by atoms with Gasteiger partial charge in [-0.2, -0.15) is 0 Å². The second-order valence-electron chi connectivity index (χ2n) is 10.6. The van der Waals surface area contributed by atoms with Crippen LogP contribution in [0.4, 0.5) is 0 Å². The minimum Gasteiger partial charge on any atom is -0.481 e. The van der Waals surface area contributed by atoms with E-state index in [1.54, 1.807) is 39.0 Å². The first-order valence-electron chi connectivity index (χ1n) is 12.1. The van der Waals surface area contributed by atoms with Gasteiger partial charge in [0, 0.05) is 27.9 Å². The number of carbonyl (C=O) groups excluding carboxylic acids is 1. The van der Waals surface area contributed by atoms with Gasteiger partial charge in [0.2, 0.25) is 5.91 Å². The SMILES string of the molecule is CC[C@@H]([C@H](C)C(C)(C)O)N1C(=O)[C@@](C)(CC(=O)O)C[C@H](c2cccc(Cl)c2)C1c1ccc(Cl)cc1. The lowest BCUT2D eigenvalue weighted by Gasteiger charge is -2.54. The fraction of sp³-hybridized carbons (Fsp3) is 0.500. The van der Waals surface area contributed by atoms with E-state index in [0.29, 0.717) is 22.9 Å². The molecule has 5 nitrogen and oxygen atoms in total. The topological polar surface area (TPSA) is 77.8 Å². The van der Waals surface area contributed by atoms with Gasteiger partial charge in [-0.1, -0.05) is 68.2 Å². The average Bonchev–Trinajstić information content (AvgIpc) is 2.76. The summed E-state index contributed by atoms with van der Waals surface area (Å²) >= 11 is 12.6. The summed E-state index contributed by atoms with van der Waals surface area (Å²) in [6.07, 6.45) is 0.683. The number of hydrogen-bond donors (Lipinski definition) is 2. The molecule has 0 radical (unpaired) electrons. The number of rotatable bonds is 8. The van der Waals surface area contributed by atoms with Crippen LogP contribution in [0.25, 0.3) is 0 Å². The van der Waals surface area contributed by atoms with Crippen LogP contribution in [0.1, 0.15) is 77.0 Å². The molecule has 5 atom stereocenters. The van der Waals surface area contributed by atoms with Crippen molar-refractivity contribution in [1.29, 1.82) is 0 Å². The van der Waals surface area contributed by atoms with Crippen LogP contribution in [0.3, 0.4) is 0 Å². The summed E-state index contributed by atoms with van der Waals surface area (Å²) in [5.41, 5.74) is -0.310. The lowest BCUT2D eigenvalue weighted by atomic mass is 9.66. The molecule has 2 N–H and O–H groups in total. The summed E-state index contributed by atoms with van der Waals surface area (Å²) in [4.78, 5) is 28.0. The van der Waals surface area contributed by atoms with E-state index in [4.69, 9.17) is 23.2 Å². The fourth-order valence-electron chi connectivity index (χ4n) is 5.51. The molecule has 0 bridgehead atoms. The number of aliphatic carboxylic acids is 1. The third-order valence-corrected chi connectivity index (χ3v) is 8.09. The van der Waals surface area contributed by atoms with E-state index in [1.807, 2.05) is 49.1 Å². The van der Waals surface area contributed by atoms with Crippen molar-refractivity contribution in [2.24, 2.45) is 11.3 Å². The van der Waals surface area contributed by atoms with Crippen LogP contribution in [0.15, 0.2) is 48.5 Å². The van der Waals surface area contributed by atoms with Crippen molar-refractivity contribution >= 4 is 35.1 Å². The predicted molar refractivity (Wildman–Crippen MR) is 140 cm³/mol. The van der Waals surface area contributed by atoms with Gasteiger partial charge in [-0.15, -0.1) is 0 Å². The number of piperidine rings is 1. The summed E-state index contributed by atoms with van der Waals surface area (Å²) in [7, 11) is 0. The molecule has 1 amide bonds. The maximum Gasteiger partial charge on any atom is 0.304 e. The summed E-state index contributed by atoms with van der Waals surface area (Å²) in [5.74, 6) is -1.70. The van der Waals surface area contributed by atoms with E-state index in [0.717, 1.165) is 11.1 Å². The van der Waals surface area contributed by atoms with Gasteiger partial charge in [0.1, 0.15) is 0 Å². The molecule has 2 aromatic carbocycles. The van der Waals surface area contributed by atoms with Crippen LogP contribution < -0.4 is 0 Å². The molecule has 7 heteroatoms. The van der Waals surface area contributed by atoms with Crippen LogP contribution in [-0.2, 0) is 9.59 Å². The Hall–Kier alpha value is -2.08. The number of carbonyl (C=O) groups is 2. The molecule has 1 fully saturated rings. The van der Waals surface area contributed by atoms with Crippen molar-refractivity contribution in [2.75, 3.05) is 0 Å². The highest BCUT2D eigenvalue weighted by Gasteiger charge is 2.53. The number of likely N-dealkylation sites (tertiary alicyclic amines) is 1. The Labute approximate surface area is 218 Å². The lowest BCUT2D eigenvalue weighted by molar-refractivity contribution is -0.164. The molecule has 0 spiro atoms. The van der Waals surface area contributed by atoms with Crippen molar-refractivity contribution in [3.8, 4) is 0 Å². The van der Waals surface area contributed by atoms with Gasteiger partial charge in [-0.25, -0.2) is 0 Å². The molecule has 1 aliphatic heterocycles. The van der Waals surface area contributed by atoms with Gasteiger partial charge in [-0.05, 0) is 62.1 Å². The van der Waals surface area contributed by atoms with Crippen molar-refractivity contribution in [3.63, 3.8) is 0 Å². The minimum absolute atomic E-state index is 0.207. The second kappa shape index (κ2) is 10.5. The number of carboxylic acids is 1. The number of aliphatic hydroxyl groups is 1. The Balaban J connectivity index is 2.28. The maximum absolute atomic E-state index is 14.2. The molecule has 1 unspecified atom stereocenters. The first-order valence-corrected chi connectivity index (χ1v) is 12.8. The summed E-state index contributed by atoms with van der Waals surface area (Å²) in [5, 5.41) is 21.8. The number of amides is 1. The number of halogens is 2. The molecule has 1 aliphatic rings. The van der Waals surface area contributed by atoms with Crippen LogP contribution in [0.5, 0.6) is 0 Å². The zero-order valence-corrected chi connectivity index (χ0v) is 22.5. The number of carboxylic acid groups (broad SMARTS) is 1. The largest absolute Gasteiger partial charge is 0.481 e. The maximum atomic E-state index is 14.2. The smallest absolute Gasteiger partial charge is 0.304 e. The molecule has 35 heavy (non-hydrogen) atoms. The highest BCUT2D eigenvalue weighted by Crippen LogP contribution is 2.53. The Morgan fingerprint density at radius 2 is 1.77 bits per heavy atom. The van der Waals surface area contributed by atoms with Gasteiger partial charge in [0.25, 0.3) is 0 Å². The van der Waals surface area contributed by atoms with Crippen LogP contribution in [-0.4, -0.2) is 38.6 Å². The van der Waals surface area contributed by atoms with Crippen molar-refractivity contribution in [2.45, 2.75) is 77.5 Å². The van der Waals surface area contributed by atoms with E-state index in [1.165, 1.54) is 0 Å². The first kappa shape index (κ1) is 27.5. The van der Waals surface area contributed by atoms with Gasteiger partial charge < -0.3 is 15.1 Å². The van der Waals surface area contributed by atoms with Gasteiger partial charge in [0.15, 0.2) is 0 Å². The van der Waals surface area contributed by atoms with Crippen molar-refractivity contribution in [3.05, 3.63) is 69.7 Å². The molecule has 1 heterocycles. The Morgan fingerprint density at radius 1 is 1.14 bits per heavy atom. The third kappa shape index (κ3) is 5.84. The summed E-state index contributed by atoms with van der Waals surface area (Å²) < 4.78 is 0. The van der Waals surface area contributed by atoms with Crippen LogP contribution >= 0.6 is 23.2 Å². The standard InChI is InChI=1S/C28H35Cl2NO4/c1-6-23(17(2)27(3,4)35)31-25(18-10-12-20(29)13-11-18)22(19-8-7-9-21(30)14-19)15-28(5,26(31)34)16-24(32)33/h7-14,17,22-23,25,35H,6,15-16H2,1-5H3,(H,32,33)/t17-,22+,23-,25?,28+/m0/s1. The number of hydrogen-bond acceptors (Lipinski definition) is 3. The highest BCUT2D eigenvalue weighted by atomic mass is 35.5. The molecule has 3 rings (SSSR count).